The van der Waals surface area contributed by atoms with Crippen molar-refractivity contribution in [3.05, 3.63) is 29.8 Å². The standard InChI is InChI=1S/C14H15N3O4/c1-17-12(18)7-6-11(16-17)13(19)15-10-5-3-4-9(8-10)14(20)21-2/h3-5,8H,6-7H2,1-2H3,(H,15,19). The summed E-state index contributed by atoms with van der Waals surface area (Å²) in [5.41, 5.74) is 1.08. The van der Waals surface area contributed by atoms with Crippen LogP contribution in [-0.2, 0) is 14.3 Å². The molecule has 7 heteroatoms. The van der Waals surface area contributed by atoms with Crippen LogP contribution in [0.3, 0.4) is 0 Å². The van der Waals surface area contributed by atoms with E-state index in [1.165, 1.54) is 20.2 Å². The molecule has 1 aliphatic heterocycles. The third-order valence-electron chi connectivity index (χ3n) is 3.01. The van der Waals surface area contributed by atoms with Gasteiger partial charge in [0.1, 0.15) is 5.71 Å². The summed E-state index contributed by atoms with van der Waals surface area (Å²) in [6, 6.07) is 6.40. The molecule has 0 bridgehead atoms. The third-order valence-corrected chi connectivity index (χ3v) is 3.01. The summed E-state index contributed by atoms with van der Waals surface area (Å²) < 4.78 is 4.62. The molecule has 0 aromatic heterocycles. The molecule has 0 radical (unpaired) electrons. The Labute approximate surface area is 121 Å². The minimum absolute atomic E-state index is 0.126. The molecule has 1 N–H and O–H groups in total. The van der Waals surface area contributed by atoms with Gasteiger partial charge in [-0.1, -0.05) is 6.07 Å². The Morgan fingerprint density at radius 2 is 2.10 bits per heavy atom. The lowest BCUT2D eigenvalue weighted by molar-refractivity contribution is -0.130. The van der Waals surface area contributed by atoms with Crippen LogP contribution in [-0.4, -0.2) is 42.7 Å². The number of hydrazone groups is 1. The van der Waals surface area contributed by atoms with Crippen molar-refractivity contribution in [2.75, 3.05) is 19.5 Å². The molecule has 1 heterocycles. The van der Waals surface area contributed by atoms with Crippen LogP contribution in [0.5, 0.6) is 0 Å². The van der Waals surface area contributed by atoms with Gasteiger partial charge < -0.3 is 10.1 Å². The lowest BCUT2D eigenvalue weighted by atomic mass is 10.1. The van der Waals surface area contributed by atoms with Crippen LogP contribution >= 0.6 is 0 Å². The first-order chi connectivity index (χ1) is 10.0. The average molecular weight is 289 g/mol. The van der Waals surface area contributed by atoms with Crippen LogP contribution in [0.25, 0.3) is 0 Å². The van der Waals surface area contributed by atoms with Crippen LogP contribution in [0.2, 0.25) is 0 Å². The van der Waals surface area contributed by atoms with E-state index in [0.29, 0.717) is 17.7 Å². The van der Waals surface area contributed by atoms with Crippen molar-refractivity contribution >= 4 is 29.2 Å². The van der Waals surface area contributed by atoms with Crippen LogP contribution < -0.4 is 5.32 Å². The Morgan fingerprint density at radius 3 is 2.76 bits per heavy atom. The summed E-state index contributed by atoms with van der Waals surface area (Å²) in [5, 5.41) is 7.74. The van der Waals surface area contributed by atoms with Crippen molar-refractivity contribution in [2.45, 2.75) is 12.8 Å². The molecule has 1 aliphatic rings. The van der Waals surface area contributed by atoms with Gasteiger partial charge in [0.15, 0.2) is 0 Å². The minimum Gasteiger partial charge on any atom is -0.465 e. The van der Waals surface area contributed by atoms with Crippen LogP contribution in [0.15, 0.2) is 29.4 Å². The van der Waals surface area contributed by atoms with Crippen LogP contribution in [0.4, 0.5) is 5.69 Å². The Bertz CT molecular complexity index is 624. The number of amides is 2. The third kappa shape index (κ3) is 3.44. The van der Waals surface area contributed by atoms with E-state index in [-0.39, 0.29) is 18.0 Å². The van der Waals surface area contributed by atoms with Gasteiger partial charge in [0.05, 0.1) is 12.7 Å². The van der Waals surface area contributed by atoms with E-state index in [2.05, 4.69) is 15.2 Å². The molecule has 1 aromatic rings. The van der Waals surface area contributed by atoms with E-state index < -0.39 is 11.9 Å². The second-order valence-corrected chi connectivity index (χ2v) is 4.49. The van der Waals surface area contributed by atoms with Gasteiger partial charge in [-0.15, -0.1) is 0 Å². The molecule has 0 aliphatic carbocycles. The van der Waals surface area contributed by atoms with Crippen molar-refractivity contribution in [1.29, 1.82) is 0 Å². The molecule has 21 heavy (non-hydrogen) atoms. The number of anilines is 1. The predicted octanol–water partition coefficient (Wildman–Crippen LogP) is 1.02. The molecule has 1 aromatic carbocycles. The molecule has 0 unspecified atom stereocenters. The monoisotopic (exact) mass is 289 g/mol. The van der Waals surface area contributed by atoms with Crippen LogP contribution in [0.1, 0.15) is 23.2 Å². The highest BCUT2D eigenvalue weighted by molar-refractivity contribution is 6.43. The Kier molecular flexibility index (Phi) is 4.32. The molecular formula is C14H15N3O4. The summed E-state index contributed by atoms with van der Waals surface area (Å²) in [7, 11) is 2.80. The van der Waals surface area contributed by atoms with Crippen molar-refractivity contribution in [2.24, 2.45) is 5.10 Å². The highest BCUT2D eigenvalue weighted by Crippen LogP contribution is 2.13. The second kappa shape index (κ2) is 6.17. The number of benzene rings is 1. The number of rotatable bonds is 3. The van der Waals surface area contributed by atoms with E-state index in [0.717, 1.165) is 5.01 Å². The summed E-state index contributed by atoms with van der Waals surface area (Å²) >= 11 is 0. The highest BCUT2D eigenvalue weighted by Gasteiger charge is 2.22. The average Bonchev–Trinajstić information content (AvgIpc) is 2.49. The number of esters is 1. The van der Waals surface area contributed by atoms with E-state index in [1.54, 1.807) is 18.2 Å². The number of nitrogens with zero attached hydrogens (tertiary/aromatic N) is 2. The molecule has 7 nitrogen and oxygen atoms in total. The first kappa shape index (κ1) is 14.7. The lowest BCUT2D eigenvalue weighted by Gasteiger charge is -2.18. The largest absolute Gasteiger partial charge is 0.465 e. The van der Waals surface area contributed by atoms with E-state index >= 15 is 0 Å². The SMILES string of the molecule is COC(=O)c1cccc(NC(=O)C2=NN(C)C(=O)CC2)c1. The van der Waals surface area contributed by atoms with E-state index in [9.17, 15) is 14.4 Å². The van der Waals surface area contributed by atoms with Crippen molar-refractivity contribution < 1.29 is 19.1 Å². The van der Waals surface area contributed by atoms with E-state index in [1.807, 2.05) is 0 Å². The molecule has 2 rings (SSSR count). The van der Waals surface area contributed by atoms with Gasteiger partial charge >= 0.3 is 5.97 Å². The molecular weight excluding hydrogens is 274 g/mol. The van der Waals surface area contributed by atoms with Crippen molar-refractivity contribution in [3.8, 4) is 0 Å². The maximum absolute atomic E-state index is 12.1. The molecule has 0 atom stereocenters. The number of methoxy groups -OCH3 is 1. The maximum Gasteiger partial charge on any atom is 0.337 e. The first-order valence-corrected chi connectivity index (χ1v) is 6.35. The van der Waals surface area contributed by atoms with Gasteiger partial charge in [-0.05, 0) is 18.2 Å². The fourth-order valence-electron chi connectivity index (χ4n) is 1.88. The number of hydrogen-bond donors (Lipinski definition) is 1. The normalized spacial score (nSPS) is 14.5. The Morgan fingerprint density at radius 1 is 1.33 bits per heavy atom. The van der Waals surface area contributed by atoms with Crippen LogP contribution in [0, 0.1) is 0 Å². The van der Waals surface area contributed by atoms with Gasteiger partial charge in [0, 0.05) is 25.6 Å². The lowest BCUT2D eigenvalue weighted by Crippen LogP contribution is -2.34. The zero-order valence-corrected chi connectivity index (χ0v) is 11.8. The van der Waals surface area contributed by atoms with Gasteiger partial charge in [-0.25, -0.2) is 9.80 Å². The predicted molar refractivity (Wildman–Crippen MR) is 75.9 cm³/mol. The topological polar surface area (TPSA) is 88.1 Å². The Balaban J connectivity index is 2.11. The van der Waals surface area contributed by atoms with Gasteiger partial charge in [-0.2, -0.15) is 5.10 Å². The molecule has 110 valence electrons. The summed E-state index contributed by atoms with van der Waals surface area (Å²) in [6.07, 6.45) is 0.552. The fraction of sp³-hybridized carbons (Fsp3) is 0.286. The Hall–Kier alpha value is -2.70. The van der Waals surface area contributed by atoms with Gasteiger partial charge in [-0.3, -0.25) is 9.59 Å². The molecule has 0 saturated carbocycles. The van der Waals surface area contributed by atoms with Gasteiger partial charge in [0.2, 0.25) is 5.91 Å². The maximum atomic E-state index is 12.1. The first-order valence-electron chi connectivity index (χ1n) is 6.35. The summed E-state index contributed by atoms with van der Waals surface area (Å²) in [4.78, 5) is 34.8. The molecule has 2 amide bonds. The quantitative estimate of drug-likeness (QED) is 0.841. The zero-order chi connectivity index (χ0) is 15.4. The van der Waals surface area contributed by atoms with Crippen molar-refractivity contribution in [3.63, 3.8) is 0 Å². The number of nitrogens with one attached hydrogen (secondary N) is 1. The minimum atomic E-state index is -0.480. The number of carbonyl (C=O) groups excluding carboxylic acids is 3. The molecule has 0 fully saturated rings. The fourth-order valence-corrected chi connectivity index (χ4v) is 1.88. The smallest absolute Gasteiger partial charge is 0.337 e. The highest BCUT2D eigenvalue weighted by atomic mass is 16.5. The van der Waals surface area contributed by atoms with E-state index in [4.69, 9.17) is 0 Å². The summed E-state index contributed by atoms with van der Waals surface area (Å²) in [6.45, 7) is 0. The van der Waals surface area contributed by atoms with Gasteiger partial charge in [0.25, 0.3) is 5.91 Å². The zero-order valence-electron chi connectivity index (χ0n) is 11.8. The number of hydrogen-bond acceptors (Lipinski definition) is 5. The number of ether oxygens (including phenoxy) is 1. The number of carbonyl (C=O) groups is 3. The molecule has 0 spiro atoms. The second-order valence-electron chi connectivity index (χ2n) is 4.49. The molecule has 0 saturated heterocycles. The summed E-state index contributed by atoms with van der Waals surface area (Å²) in [5.74, 6) is -0.998. The van der Waals surface area contributed by atoms with Crippen molar-refractivity contribution in [1.82, 2.24) is 5.01 Å².